The minimum absolute atomic E-state index is 0.153. The van der Waals surface area contributed by atoms with Crippen LogP contribution >= 0.6 is 0 Å². The largest absolute Gasteiger partial charge is 0.508 e. The highest BCUT2D eigenvalue weighted by atomic mass is 16.7. The first kappa shape index (κ1) is 44.2. The maximum absolute atomic E-state index is 11.8. The first-order valence-electron chi connectivity index (χ1n) is 16.9. The van der Waals surface area contributed by atoms with E-state index in [1.54, 1.807) is 13.8 Å². The summed E-state index contributed by atoms with van der Waals surface area (Å²) in [6.45, 7) is 18.1. The molecule has 0 aromatic heterocycles. The van der Waals surface area contributed by atoms with Crippen molar-refractivity contribution in [3.8, 4) is 0 Å². The van der Waals surface area contributed by atoms with E-state index >= 15 is 0 Å². The van der Waals surface area contributed by atoms with E-state index in [4.69, 9.17) is 37.9 Å². The van der Waals surface area contributed by atoms with Crippen LogP contribution in [-0.2, 0) is 47.5 Å². The van der Waals surface area contributed by atoms with Gasteiger partial charge in [-0.15, -0.1) is 0 Å². The van der Waals surface area contributed by atoms with Crippen molar-refractivity contribution in [1.29, 1.82) is 0 Å². The highest BCUT2D eigenvalue weighted by Gasteiger charge is 2.12. The molecule has 13 heteroatoms. The Morgan fingerprint density at radius 2 is 0.625 bits per heavy atom. The number of esters is 2. The number of hydrogen-bond donors (Lipinski definition) is 0. The molecular formula is C35H58O13. The Hall–Kier alpha value is -3.77. The zero-order valence-electron chi connectivity index (χ0n) is 29.7. The summed E-state index contributed by atoms with van der Waals surface area (Å²) >= 11 is 0. The van der Waals surface area contributed by atoms with Crippen LogP contribution in [0.15, 0.2) is 24.3 Å². The SMILES string of the molecule is C=C(C)C(=O)OCCC(C)CCOC(=O)OCCCCCCOC(=O)OCCC(C)CCOC(=O)OCCC(C)CCOC(=O)C(=C)C. The first-order valence-corrected chi connectivity index (χ1v) is 16.9. The summed E-state index contributed by atoms with van der Waals surface area (Å²) in [7, 11) is 0. The summed E-state index contributed by atoms with van der Waals surface area (Å²) in [6.07, 6.45) is 4.53. The fourth-order valence-electron chi connectivity index (χ4n) is 3.75. The van der Waals surface area contributed by atoms with Crippen molar-refractivity contribution in [2.24, 2.45) is 17.8 Å². The molecule has 0 aliphatic heterocycles. The molecule has 0 saturated carbocycles. The minimum Gasteiger partial charge on any atom is -0.462 e. The van der Waals surface area contributed by atoms with Gasteiger partial charge >= 0.3 is 30.4 Å². The van der Waals surface area contributed by atoms with Gasteiger partial charge in [-0.05, 0) is 95.8 Å². The number of ether oxygens (including phenoxy) is 8. The molecule has 0 fully saturated rings. The van der Waals surface area contributed by atoms with Gasteiger partial charge in [0.2, 0.25) is 0 Å². The molecule has 0 rings (SSSR count). The van der Waals surface area contributed by atoms with Crippen LogP contribution in [0, 0.1) is 17.8 Å². The fourth-order valence-corrected chi connectivity index (χ4v) is 3.75. The van der Waals surface area contributed by atoms with Gasteiger partial charge in [0.1, 0.15) is 0 Å². The second-order valence-corrected chi connectivity index (χ2v) is 12.1. The molecule has 0 aliphatic carbocycles. The summed E-state index contributed by atoms with van der Waals surface area (Å²) < 4.78 is 40.6. The van der Waals surface area contributed by atoms with E-state index in [9.17, 15) is 24.0 Å². The highest BCUT2D eigenvalue weighted by molar-refractivity contribution is 5.87. The lowest BCUT2D eigenvalue weighted by Crippen LogP contribution is -2.15. The Labute approximate surface area is 285 Å². The third kappa shape index (κ3) is 27.4. The van der Waals surface area contributed by atoms with Crippen LogP contribution in [0.5, 0.6) is 0 Å². The molecule has 13 nitrogen and oxygen atoms in total. The second-order valence-electron chi connectivity index (χ2n) is 12.1. The molecular weight excluding hydrogens is 628 g/mol. The third-order valence-corrected chi connectivity index (χ3v) is 7.19. The lowest BCUT2D eigenvalue weighted by molar-refractivity contribution is -0.140. The maximum Gasteiger partial charge on any atom is 0.508 e. The quantitative estimate of drug-likeness (QED) is 0.0362. The van der Waals surface area contributed by atoms with Crippen LogP contribution in [-0.4, -0.2) is 83.3 Å². The Bertz CT molecular complexity index is 978. The average Bonchev–Trinajstić information content (AvgIpc) is 3.02. The smallest absolute Gasteiger partial charge is 0.462 e. The number of hydrogen-bond acceptors (Lipinski definition) is 13. The van der Waals surface area contributed by atoms with Crippen LogP contribution in [0.3, 0.4) is 0 Å². The molecule has 0 amide bonds. The minimum atomic E-state index is -0.729. The summed E-state index contributed by atoms with van der Waals surface area (Å²) in [5.41, 5.74) is 0.721. The van der Waals surface area contributed by atoms with E-state index < -0.39 is 30.4 Å². The first-order chi connectivity index (χ1) is 22.8. The van der Waals surface area contributed by atoms with E-state index in [1.165, 1.54) is 0 Å². The van der Waals surface area contributed by atoms with E-state index in [0.717, 1.165) is 12.8 Å². The summed E-state index contributed by atoms with van der Waals surface area (Å²) in [5, 5.41) is 0. The molecule has 0 aliphatic rings. The van der Waals surface area contributed by atoms with Gasteiger partial charge in [0.25, 0.3) is 0 Å². The Kier molecular flexibility index (Phi) is 26.0. The Morgan fingerprint density at radius 1 is 0.396 bits per heavy atom. The van der Waals surface area contributed by atoms with Crippen molar-refractivity contribution in [3.05, 3.63) is 24.3 Å². The average molecular weight is 687 g/mol. The van der Waals surface area contributed by atoms with Crippen molar-refractivity contribution in [1.82, 2.24) is 0 Å². The zero-order valence-corrected chi connectivity index (χ0v) is 29.7. The molecule has 3 unspecified atom stereocenters. The van der Waals surface area contributed by atoms with Gasteiger partial charge in [-0.3, -0.25) is 0 Å². The van der Waals surface area contributed by atoms with Crippen LogP contribution < -0.4 is 0 Å². The number of carbonyl (C=O) groups excluding carboxylic acids is 5. The van der Waals surface area contributed by atoms with E-state index in [1.807, 2.05) is 20.8 Å². The van der Waals surface area contributed by atoms with E-state index in [2.05, 4.69) is 13.2 Å². The lowest BCUT2D eigenvalue weighted by atomic mass is 10.1. The van der Waals surface area contributed by atoms with Gasteiger partial charge in [0, 0.05) is 11.1 Å². The van der Waals surface area contributed by atoms with Crippen molar-refractivity contribution >= 4 is 30.4 Å². The predicted molar refractivity (Wildman–Crippen MR) is 177 cm³/mol. The van der Waals surface area contributed by atoms with Crippen molar-refractivity contribution in [3.63, 3.8) is 0 Å². The molecule has 0 aromatic carbocycles. The van der Waals surface area contributed by atoms with Gasteiger partial charge in [-0.2, -0.15) is 0 Å². The zero-order chi connectivity index (χ0) is 36.2. The number of rotatable bonds is 27. The molecule has 3 atom stereocenters. The van der Waals surface area contributed by atoms with Gasteiger partial charge in [-0.25, -0.2) is 24.0 Å². The molecule has 48 heavy (non-hydrogen) atoms. The van der Waals surface area contributed by atoms with Crippen molar-refractivity contribution in [2.75, 3.05) is 52.9 Å². The molecule has 0 aromatic rings. The standard InChI is InChI=1S/C35H58O13/c1-26(2)31(36)41-20-12-28(5)14-22-45-33(38)43-18-10-8-9-11-19-44-34(39)46-23-16-30(7)17-25-48-35(40)47-24-15-29(6)13-21-42-32(37)27(3)4/h28-30H,1,3,8-25H2,2,4-7H3. The van der Waals surface area contributed by atoms with Gasteiger partial charge in [-0.1, -0.05) is 33.9 Å². The van der Waals surface area contributed by atoms with Crippen LogP contribution in [0.25, 0.3) is 0 Å². The monoisotopic (exact) mass is 686 g/mol. The Balaban J connectivity index is 3.62. The lowest BCUT2D eigenvalue weighted by Gasteiger charge is -2.13. The predicted octanol–water partition coefficient (Wildman–Crippen LogP) is 7.49. The van der Waals surface area contributed by atoms with Crippen LogP contribution in [0.2, 0.25) is 0 Å². The molecule has 0 heterocycles. The number of unbranched alkanes of at least 4 members (excludes halogenated alkanes) is 3. The van der Waals surface area contributed by atoms with Gasteiger partial charge in [0.15, 0.2) is 0 Å². The highest BCUT2D eigenvalue weighted by Crippen LogP contribution is 2.12. The van der Waals surface area contributed by atoms with Crippen molar-refractivity contribution < 1.29 is 61.9 Å². The summed E-state index contributed by atoms with van der Waals surface area (Å²) in [5.74, 6) is -0.241. The van der Waals surface area contributed by atoms with Crippen LogP contribution in [0.4, 0.5) is 14.4 Å². The number of carbonyl (C=O) groups is 5. The normalized spacial score (nSPS) is 12.4. The summed E-state index contributed by atoms with van der Waals surface area (Å²) in [4.78, 5) is 58.0. The molecule has 0 radical (unpaired) electrons. The van der Waals surface area contributed by atoms with Gasteiger partial charge in [0.05, 0.1) is 52.9 Å². The summed E-state index contributed by atoms with van der Waals surface area (Å²) in [6, 6.07) is 0. The fraction of sp³-hybridized carbons (Fsp3) is 0.743. The topological polar surface area (TPSA) is 159 Å². The molecule has 0 N–H and O–H groups in total. The van der Waals surface area contributed by atoms with E-state index in [0.29, 0.717) is 75.7 Å². The molecule has 0 saturated heterocycles. The Morgan fingerprint density at radius 3 is 0.875 bits per heavy atom. The van der Waals surface area contributed by atoms with Gasteiger partial charge < -0.3 is 37.9 Å². The third-order valence-electron chi connectivity index (χ3n) is 7.19. The second kappa shape index (κ2) is 28.3. The molecule has 0 bridgehead atoms. The van der Waals surface area contributed by atoms with E-state index in [-0.39, 0.29) is 57.4 Å². The molecule has 0 spiro atoms. The maximum atomic E-state index is 11.8. The molecule has 276 valence electrons. The van der Waals surface area contributed by atoms with Crippen LogP contribution in [0.1, 0.15) is 98.8 Å². The van der Waals surface area contributed by atoms with Crippen molar-refractivity contribution in [2.45, 2.75) is 98.8 Å².